The second kappa shape index (κ2) is 5.83. The standard InChI is InChI=1S/C16H23N3O/c17-10-12-6-2-1-3-8-14(12)19-11-16(20)18-13-7-4-5-9-15(13)19/h4-5,7,9,12,14H,1-3,6,8,10-11,17H2,(H,18,20). The van der Waals surface area contributed by atoms with Crippen molar-refractivity contribution in [2.24, 2.45) is 11.7 Å². The van der Waals surface area contributed by atoms with Crippen LogP contribution in [0.4, 0.5) is 11.4 Å². The quantitative estimate of drug-likeness (QED) is 0.813. The predicted octanol–water partition coefficient (Wildman–Crippen LogP) is 2.35. The van der Waals surface area contributed by atoms with Crippen LogP contribution in [0, 0.1) is 5.92 Å². The van der Waals surface area contributed by atoms with Crippen molar-refractivity contribution in [3.8, 4) is 0 Å². The molecule has 4 heteroatoms. The number of benzene rings is 1. The first-order valence-electron chi connectivity index (χ1n) is 7.65. The van der Waals surface area contributed by atoms with E-state index in [-0.39, 0.29) is 5.91 Å². The summed E-state index contributed by atoms with van der Waals surface area (Å²) in [5, 5.41) is 2.97. The molecule has 3 rings (SSSR count). The molecule has 2 atom stereocenters. The maximum atomic E-state index is 12.0. The Balaban J connectivity index is 1.93. The number of para-hydroxylation sites is 2. The topological polar surface area (TPSA) is 58.4 Å². The highest BCUT2D eigenvalue weighted by Crippen LogP contribution is 2.36. The summed E-state index contributed by atoms with van der Waals surface area (Å²) in [5.41, 5.74) is 8.08. The van der Waals surface area contributed by atoms with Crippen LogP contribution in [0.1, 0.15) is 32.1 Å². The molecular weight excluding hydrogens is 250 g/mol. The third-order valence-corrected chi connectivity index (χ3v) is 4.62. The van der Waals surface area contributed by atoms with Gasteiger partial charge in [0.05, 0.1) is 17.9 Å². The zero-order chi connectivity index (χ0) is 13.9. The zero-order valence-electron chi connectivity index (χ0n) is 11.8. The van der Waals surface area contributed by atoms with Crippen molar-refractivity contribution in [1.29, 1.82) is 0 Å². The fourth-order valence-corrected chi connectivity index (χ4v) is 3.61. The number of rotatable bonds is 2. The minimum absolute atomic E-state index is 0.0868. The number of hydrogen-bond donors (Lipinski definition) is 2. The van der Waals surface area contributed by atoms with Crippen LogP contribution in [0.3, 0.4) is 0 Å². The second-order valence-corrected chi connectivity index (χ2v) is 5.89. The predicted molar refractivity (Wildman–Crippen MR) is 81.8 cm³/mol. The summed E-state index contributed by atoms with van der Waals surface area (Å²) in [6, 6.07) is 8.49. The lowest BCUT2D eigenvalue weighted by Gasteiger charge is -2.40. The molecule has 2 aliphatic rings. The number of hydrogen-bond acceptors (Lipinski definition) is 3. The second-order valence-electron chi connectivity index (χ2n) is 5.89. The van der Waals surface area contributed by atoms with E-state index in [1.807, 2.05) is 18.2 Å². The van der Waals surface area contributed by atoms with Crippen molar-refractivity contribution in [3.63, 3.8) is 0 Å². The fraction of sp³-hybridized carbons (Fsp3) is 0.562. The molecule has 1 saturated carbocycles. The Bertz CT molecular complexity index is 488. The molecule has 0 saturated heterocycles. The van der Waals surface area contributed by atoms with Gasteiger partial charge in [0.2, 0.25) is 5.91 Å². The van der Waals surface area contributed by atoms with E-state index in [9.17, 15) is 4.79 Å². The first kappa shape index (κ1) is 13.4. The van der Waals surface area contributed by atoms with Crippen LogP contribution in [0.2, 0.25) is 0 Å². The summed E-state index contributed by atoms with van der Waals surface area (Å²) < 4.78 is 0. The fourth-order valence-electron chi connectivity index (χ4n) is 3.61. The number of fused-ring (bicyclic) bond motifs is 1. The molecule has 1 fully saturated rings. The maximum Gasteiger partial charge on any atom is 0.243 e. The third-order valence-electron chi connectivity index (χ3n) is 4.62. The molecule has 1 aliphatic carbocycles. The van der Waals surface area contributed by atoms with E-state index in [0.29, 0.717) is 25.0 Å². The van der Waals surface area contributed by atoms with Gasteiger partial charge in [-0.3, -0.25) is 4.79 Å². The highest BCUT2D eigenvalue weighted by molar-refractivity contribution is 6.01. The Morgan fingerprint density at radius 1 is 1.20 bits per heavy atom. The highest BCUT2D eigenvalue weighted by atomic mass is 16.2. The van der Waals surface area contributed by atoms with Gasteiger partial charge in [0.1, 0.15) is 0 Å². The molecular formula is C16H23N3O. The average molecular weight is 273 g/mol. The number of carbonyl (C=O) groups is 1. The number of nitrogens with zero attached hydrogens (tertiary/aromatic N) is 1. The molecule has 1 aliphatic heterocycles. The van der Waals surface area contributed by atoms with Crippen LogP contribution in [0.5, 0.6) is 0 Å². The normalized spacial score (nSPS) is 26.6. The van der Waals surface area contributed by atoms with Crippen molar-refractivity contribution < 1.29 is 4.79 Å². The van der Waals surface area contributed by atoms with Crippen LogP contribution in [0.25, 0.3) is 0 Å². The molecule has 0 bridgehead atoms. The van der Waals surface area contributed by atoms with Gasteiger partial charge in [-0.15, -0.1) is 0 Å². The lowest BCUT2D eigenvalue weighted by atomic mass is 9.92. The molecule has 0 spiro atoms. The third kappa shape index (κ3) is 2.52. The first-order chi connectivity index (χ1) is 9.79. The molecule has 1 aromatic rings. The Morgan fingerprint density at radius 2 is 2.00 bits per heavy atom. The Kier molecular flexibility index (Phi) is 3.92. The average Bonchev–Trinajstić information content (AvgIpc) is 2.71. The van der Waals surface area contributed by atoms with E-state index < -0.39 is 0 Å². The van der Waals surface area contributed by atoms with Gasteiger partial charge in [0.15, 0.2) is 0 Å². The Hall–Kier alpha value is -1.55. The molecule has 1 aromatic carbocycles. The monoisotopic (exact) mass is 273 g/mol. The molecule has 0 radical (unpaired) electrons. The Morgan fingerprint density at radius 3 is 2.85 bits per heavy atom. The van der Waals surface area contributed by atoms with Gasteiger partial charge >= 0.3 is 0 Å². The van der Waals surface area contributed by atoms with E-state index in [1.54, 1.807) is 0 Å². The SMILES string of the molecule is NCC1CCCCCC1N1CC(=O)Nc2ccccc21. The first-order valence-corrected chi connectivity index (χ1v) is 7.65. The summed E-state index contributed by atoms with van der Waals surface area (Å²) in [5.74, 6) is 0.583. The van der Waals surface area contributed by atoms with Crippen molar-refractivity contribution in [1.82, 2.24) is 0 Å². The summed E-state index contributed by atoms with van der Waals surface area (Å²) >= 11 is 0. The van der Waals surface area contributed by atoms with Gasteiger partial charge in [-0.25, -0.2) is 0 Å². The van der Waals surface area contributed by atoms with E-state index in [1.165, 1.54) is 25.7 Å². The van der Waals surface area contributed by atoms with Crippen molar-refractivity contribution in [3.05, 3.63) is 24.3 Å². The number of anilines is 2. The van der Waals surface area contributed by atoms with Crippen molar-refractivity contribution >= 4 is 17.3 Å². The largest absolute Gasteiger partial charge is 0.357 e. The van der Waals surface area contributed by atoms with Crippen molar-refractivity contribution in [2.75, 3.05) is 23.3 Å². The van der Waals surface area contributed by atoms with Gasteiger partial charge in [-0.1, -0.05) is 31.4 Å². The molecule has 3 N–H and O–H groups in total. The van der Waals surface area contributed by atoms with E-state index in [4.69, 9.17) is 5.73 Å². The van der Waals surface area contributed by atoms with Crippen LogP contribution in [-0.2, 0) is 4.79 Å². The number of nitrogens with one attached hydrogen (secondary N) is 1. The van der Waals surface area contributed by atoms with E-state index >= 15 is 0 Å². The van der Waals surface area contributed by atoms with E-state index in [2.05, 4.69) is 16.3 Å². The maximum absolute atomic E-state index is 12.0. The molecule has 2 unspecified atom stereocenters. The van der Waals surface area contributed by atoms with Crippen molar-refractivity contribution in [2.45, 2.75) is 38.1 Å². The lowest BCUT2D eigenvalue weighted by Crippen LogP contribution is -2.49. The summed E-state index contributed by atoms with van der Waals surface area (Å²) in [6.45, 7) is 1.17. The van der Waals surface area contributed by atoms with Crippen LogP contribution in [0.15, 0.2) is 24.3 Å². The minimum Gasteiger partial charge on any atom is -0.357 e. The van der Waals surface area contributed by atoms with Gasteiger partial charge in [0, 0.05) is 6.04 Å². The number of carbonyl (C=O) groups excluding carboxylic acids is 1. The summed E-state index contributed by atoms with van der Waals surface area (Å²) in [6.07, 6.45) is 6.11. The zero-order valence-corrected chi connectivity index (χ0v) is 11.8. The molecule has 108 valence electrons. The molecule has 1 amide bonds. The van der Waals surface area contributed by atoms with Crippen LogP contribution >= 0.6 is 0 Å². The number of amides is 1. The minimum atomic E-state index is 0.0868. The van der Waals surface area contributed by atoms with Crippen LogP contribution in [-0.4, -0.2) is 25.0 Å². The van der Waals surface area contributed by atoms with Gasteiger partial charge in [-0.05, 0) is 37.4 Å². The highest BCUT2D eigenvalue weighted by Gasteiger charge is 2.32. The van der Waals surface area contributed by atoms with Gasteiger partial charge < -0.3 is 16.0 Å². The smallest absolute Gasteiger partial charge is 0.243 e. The summed E-state index contributed by atoms with van der Waals surface area (Å²) in [7, 11) is 0. The number of nitrogens with two attached hydrogens (primary N) is 1. The van der Waals surface area contributed by atoms with Gasteiger partial charge in [0.25, 0.3) is 0 Å². The Labute approximate surface area is 120 Å². The lowest BCUT2D eigenvalue weighted by molar-refractivity contribution is -0.115. The van der Waals surface area contributed by atoms with Crippen LogP contribution < -0.4 is 16.0 Å². The molecule has 0 aromatic heterocycles. The summed E-state index contributed by atoms with van der Waals surface area (Å²) in [4.78, 5) is 14.3. The molecule has 1 heterocycles. The van der Waals surface area contributed by atoms with Gasteiger partial charge in [-0.2, -0.15) is 0 Å². The molecule has 20 heavy (non-hydrogen) atoms. The van der Waals surface area contributed by atoms with E-state index in [0.717, 1.165) is 17.8 Å². The molecule has 4 nitrogen and oxygen atoms in total.